The Kier molecular flexibility index (Phi) is 9.33. The van der Waals surface area contributed by atoms with Gasteiger partial charge in [0.25, 0.3) is 0 Å². The van der Waals surface area contributed by atoms with Gasteiger partial charge in [-0.3, -0.25) is 0 Å². The third-order valence-corrected chi connectivity index (χ3v) is 1.68. The second-order valence-electron chi connectivity index (χ2n) is 2.71. The van der Waals surface area contributed by atoms with Crippen molar-refractivity contribution in [2.24, 2.45) is 0 Å². The summed E-state index contributed by atoms with van der Waals surface area (Å²) in [5.74, 6) is 0. The van der Waals surface area contributed by atoms with E-state index in [2.05, 4.69) is 24.1 Å². The van der Waals surface area contributed by atoms with Crippen molar-refractivity contribution in [2.45, 2.75) is 45.4 Å². The molecular weight excluding hydrogens is 168 g/mol. The number of ether oxygens (including phenoxy) is 2. The van der Waals surface area contributed by atoms with E-state index in [1.165, 1.54) is 0 Å². The maximum atomic E-state index is 5.48. The quantitative estimate of drug-likeness (QED) is 0.428. The summed E-state index contributed by atoms with van der Waals surface area (Å²) < 4.78 is 11.0. The van der Waals surface area contributed by atoms with Crippen molar-refractivity contribution >= 4 is 10.2 Å². The fourth-order valence-corrected chi connectivity index (χ4v) is 1.07. The summed E-state index contributed by atoms with van der Waals surface area (Å²) in [7, 11) is 3.42. The topological polar surface area (TPSA) is 18.5 Å². The molecule has 0 unspecified atom stereocenters. The van der Waals surface area contributed by atoms with Gasteiger partial charge in [-0.05, 0) is 19.3 Å². The van der Waals surface area contributed by atoms with Gasteiger partial charge in [0.05, 0.1) is 0 Å². The molecule has 0 N–H and O–H groups in total. The Hall–Kier alpha value is 0.137. The zero-order valence-electron chi connectivity index (χ0n) is 8.14. The molecule has 0 rings (SSSR count). The van der Waals surface area contributed by atoms with Gasteiger partial charge >= 0.3 is 0 Å². The van der Waals surface area contributed by atoms with Crippen molar-refractivity contribution < 1.29 is 9.47 Å². The van der Waals surface area contributed by atoms with E-state index in [-0.39, 0.29) is 6.29 Å². The molecule has 0 aliphatic carbocycles. The third kappa shape index (κ3) is 6.82. The molecule has 0 aliphatic rings. The highest BCUT2D eigenvalue weighted by atomic mass is 28.1. The van der Waals surface area contributed by atoms with Gasteiger partial charge in [0.15, 0.2) is 6.29 Å². The minimum atomic E-state index is -0.0117. The van der Waals surface area contributed by atoms with E-state index < -0.39 is 0 Å². The van der Waals surface area contributed by atoms with Crippen LogP contribution in [0.15, 0.2) is 0 Å². The Labute approximate surface area is 79.1 Å². The summed E-state index contributed by atoms with van der Waals surface area (Å²) in [5, 5.41) is 0. The number of hydrogen-bond donors (Lipinski definition) is 0. The van der Waals surface area contributed by atoms with Crippen LogP contribution in [0, 0.1) is 0 Å². The maximum absolute atomic E-state index is 5.48. The second kappa shape index (κ2) is 9.23. The molecule has 0 fully saturated rings. The van der Waals surface area contributed by atoms with E-state index in [4.69, 9.17) is 9.47 Å². The number of rotatable bonds is 8. The molecule has 0 heterocycles. The first-order chi connectivity index (χ1) is 5.85. The first kappa shape index (κ1) is 12.1. The second-order valence-corrected chi connectivity index (χ2v) is 3.21. The van der Waals surface area contributed by atoms with Crippen molar-refractivity contribution in [1.82, 2.24) is 0 Å². The molecule has 12 heavy (non-hydrogen) atoms. The zero-order chi connectivity index (χ0) is 9.23. The summed E-state index contributed by atoms with van der Waals surface area (Å²) in [6, 6.07) is 0.929. The van der Waals surface area contributed by atoms with E-state index in [0.29, 0.717) is 0 Å². The van der Waals surface area contributed by atoms with Crippen LogP contribution >= 0.6 is 0 Å². The summed E-state index contributed by atoms with van der Waals surface area (Å²) in [6.45, 7) is 5.79. The van der Waals surface area contributed by atoms with Crippen LogP contribution in [-0.2, 0) is 9.47 Å². The highest BCUT2D eigenvalue weighted by Gasteiger charge is 2.05. The van der Waals surface area contributed by atoms with E-state index in [1.807, 2.05) is 0 Å². The Bertz CT molecular complexity index is 80.6. The molecule has 3 radical (unpaired) electrons. The fourth-order valence-electron chi connectivity index (χ4n) is 0.831. The fraction of sp³-hybridized carbons (Fsp3) is 1.00. The Morgan fingerprint density at radius 3 is 1.92 bits per heavy atom. The van der Waals surface area contributed by atoms with Crippen LogP contribution in [0.1, 0.15) is 33.1 Å². The summed E-state index contributed by atoms with van der Waals surface area (Å²) >= 11 is 0. The third-order valence-electron chi connectivity index (χ3n) is 1.40. The van der Waals surface area contributed by atoms with E-state index in [0.717, 1.165) is 38.5 Å². The normalized spacial score (nSPS) is 11.0. The van der Waals surface area contributed by atoms with Gasteiger partial charge in [0.1, 0.15) is 0 Å². The van der Waals surface area contributed by atoms with Crippen molar-refractivity contribution in [1.29, 1.82) is 0 Å². The van der Waals surface area contributed by atoms with E-state index in [9.17, 15) is 0 Å². The lowest BCUT2D eigenvalue weighted by Gasteiger charge is -2.16. The largest absolute Gasteiger partial charge is 0.353 e. The molecule has 0 aromatic carbocycles. The van der Waals surface area contributed by atoms with Gasteiger partial charge in [0.2, 0.25) is 0 Å². The summed E-state index contributed by atoms with van der Waals surface area (Å²) in [6.07, 6.45) is 3.01. The maximum Gasteiger partial charge on any atom is 0.157 e. The van der Waals surface area contributed by atoms with Crippen LogP contribution in [-0.4, -0.2) is 29.7 Å². The lowest BCUT2D eigenvalue weighted by Crippen LogP contribution is -2.18. The molecule has 71 valence electrons. The standard InChI is InChI=1S/C9H19O2Si/c1-3-6-10-9(5-8-12)11-7-4-2/h9H,3-8H2,1-2H3. The van der Waals surface area contributed by atoms with Gasteiger partial charge in [-0.2, -0.15) is 0 Å². The van der Waals surface area contributed by atoms with Crippen LogP contribution in [0.25, 0.3) is 0 Å². The molecule has 0 saturated heterocycles. The highest BCUT2D eigenvalue weighted by molar-refractivity contribution is 6.08. The van der Waals surface area contributed by atoms with Gasteiger partial charge < -0.3 is 9.47 Å². The average Bonchev–Trinajstić information content (AvgIpc) is 2.10. The first-order valence-electron chi connectivity index (χ1n) is 4.72. The molecule has 0 aliphatic heterocycles. The van der Waals surface area contributed by atoms with Gasteiger partial charge in [-0.1, -0.05) is 19.9 Å². The predicted molar refractivity (Wildman–Crippen MR) is 51.5 cm³/mol. The minimum Gasteiger partial charge on any atom is -0.353 e. The molecule has 0 aromatic heterocycles. The first-order valence-corrected chi connectivity index (χ1v) is 5.43. The molecule has 0 atom stereocenters. The van der Waals surface area contributed by atoms with E-state index >= 15 is 0 Å². The van der Waals surface area contributed by atoms with Crippen molar-refractivity contribution in [3.8, 4) is 0 Å². The molecule has 0 aromatic rings. The molecular formula is C9H19O2Si. The Balaban J connectivity index is 3.40. The molecule has 0 amide bonds. The van der Waals surface area contributed by atoms with Crippen LogP contribution in [0.5, 0.6) is 0 Å². The van der Waals surface area contributed by atoms with Crippen molar-refractivity contribution in [2.75, 3.05) is 13.2 Å². The Morgan fingerprint density at radius 2 is 1.58 bits per heavy atom. The monoisotopic (exact) mass is 187 g/mol. The van der Waals surface area contributed by atoms with Crippen LogP contribution in [0.3, 0.4) is 0 Å². The molecule has 0 spiro atoms. The lowest BCUT2D eigenvalue weighted by atomic mass is 10.4. The molecule has 2 nitrogen and oxygen atoms in total. The summed E-state index contributed by atoms with van der Waals surface area (Å²) in [5.41, 5.74) is 0. The average molecular weight is 187 g/mol. The Morgan fingerprint density at radius 1 is 1.08 bits per heavy atom. The highest BCUT2D eigenvalue weighted by Crippen LogP contribution is 2.04. The van der Waals surface area contributed by atoms with Crippen LogP contribution in [0.2, 0.25) is 6.04 Å². The van der Waals surface area contributed by atoms with Crippen LogP contribution in [0.4, 0.5) is 0 Å². The van der Waals surface area contributed by atoms with Crippen molar-refractivity contribution in [3.63, 3.8) is 0 Å². The summed E-state index contributed by atoms with van der Waals surface area (Å²) in [4.78, 5) is 0. The molecule has 0 bridgehead atoms. The number of hydrogen-bond acceptors (Lipinski definition) is 2. The van der Waals surface area contributed by atoms with E-state index in [1.54, 1.807) is 0 Å². The van der Waals surface area contributed by atoms with Gasteiger partial charge in [0, 0.05) is 23.5 Å². The molecule has 0 saturated carbocycles. The van der Waals surface area contributed by atoms with Gasteiger partial charge in [-0.15, -0.1) is 0 Å². The van der Waals surface area contributed by atoms with Crippen molar-refractivity contribution in [3.05, 3.63) is 0 Å². The molecule has 3 heteroatoms. The zero-order valence-corrected chi connectivity index (χ0v) is 9.14. The minimum absolute atomic E-state index is 0.0117. The van der Waals surface area contributed by atoms with Crippen LogP contribution < -0.4 is 0 Å². The van der Waals surface area contributed by atoms with Gasteiger partial charge in [-0.25, -0.2) is 0 Å². The SMILES string of the molecule is CCCOC(CC[Si])OCCC. The smallest absolute Gasteiger partial charge is 0.157 e. The lowest BCUT2D eigenvalue weighted by molar-refractivity contribution is -0.143. The predicted octanol–water partition coefficient (Wildman–Crippen LogP) is 2.14.